The topological polar surface area (TPSA) is 33.3 Å². The lowest BCUT2D eigenvalue weighted by molar-refractivity contribution is 0.340. The number of hydrogen-bond acceptors (Lipinski definition) is 2. The lowest BCUT2D eigenvalue weighted by Crippen LogP contribution is -2.27. The fourth-order valence-corrected chi connectivity index (χ4v) is 2.15. The quantitative estimate of drug-likeness (QED) is 0.808. The molecule has 3 nitrogen and oxygen atoms in total. The van der Waals surface area contributed by atoms with Crippen LogP contribution in [0.5, 0.6) is 5.75 Å². The highest BCUT2D eigenvalue weighted by molar-refractivity contribution is 7.80. The van der Waals surface area contributed by atoms with Gasteiger partial charge in [0.25, 0.3) is 0 Å². The van der Waals surface area contributed by atoms with Gasteiger partial charge in [0.2, 0.25) is 0 Å². The van der Waals surface area contributed by atoms with Gasteiger partial charge < -0.3 is 15.4 Å². The number of halogens is 1. The third kappa shape index (κ3) is 4.92. The maximum atomic E-state index is 6.07. The van der Waals surface area contributed by atoms with Crippen molar-refractivity contribution in [2.24, 2.45) is 0 Å². The molecule has 0 aliphatic carbocycles. The minimum atomic E-state index is 0.539. The molecule has 2 aromatic rings. The summed E-state index contributed by atoms with van der Waals surface area (Å²) in [5, 5.41) is 7.40. The average molecular weight is 321 g/mol. The molecule has 0 aromatic heterocycles. The molecule has 0 fully saturated rings. The number of hydrogen-bond donors (Lipinski definition) is 2. The minimum Gasteiger partial charge on any atom is -0.494 e. The third-order valence-corrected chi connectivity index (χ3v) is 3.39. The van der Waals surface area contributed by atoms with E-state index in [1.807, 2.05) is 55.5 Å². The van der Waals surface area contributed by atoms with Crippen molar-refractivity contribution < 1.29 is 4.74 Å². The lowest BCUT2D eigenvalue weighted by Gasteiger charge is -2.12. The van der Waals surface area contributed by atoms with Crippen molar-refractivity contribution in [2.75, 3.05) is 11.9 Å². The molecule has 0 aliphatic rings. The van der Waals surface area contributed by atoms with E-state index >= 15 is 0 Å². The van der Waals surface area contributed by atoms with Crippen molar-refractivity contribution in [1.29, 1.82) is 0 Å². The molecule has 110 valence electrons. The van der Waals surface area contributed by atoms with E-state index in [1.54, 1.807) is 0 Å². The molecule has 0 radical (unpaired) electrons. The van der Waals surface area contributed by atoms with Gasteiger partial charge in [-0.3, -0.25) is 0 Å². The first-order valence-corrected chi connectivity index (χ1v) is 7.49. The Hall–Kier alpha value is -1.78. The second-order valence-electron chi connectivity index (χ2n) is 4.36. The van der Waals surface area contributed by atoms with Gasteiger partial charge in [0.15, 0.2) is 5.11 Å². The number of thiocarbonyl (C=S) groups is 1. The first kappa shape index (κ1) is 15.6. The molecule has 0 saturated carbocycles. The predicted octanol–water partition coefficient (Wildman–Crippen LogP) is 4.23. The van der Waals surface area contributed by atoms with E-state index in [0.29, 0.717) is 23.3 Å². The lowest BCUT2D eigenvalue weighted by atomic mass is 10.2. The molecule has 2 N–H and O–H groups in total. The zero-order valence-electron chi connectivity index (χ0n) is 11.7. The molecule has 0 atom stereocenters. The van der Waals surface area contributed by atoms with Gasteiger partial charge in [-0.25, -0.2) is 0 Å². The normalized spacial score (nSPS) is 10.0. The number of rotatable bonds is 5. The van der Waals surface area contributed by atoms with Gasteiger partial charge in [0.1, 0.15) is 5.75 Å². The Kier molecular flexibility index (Phi) is 5.84. The SMILES string of the molecule is CCOc1ccc(CNC(=S)Nc2ccccc2Cl)cc1. The van der Waals surface area contributed by atoms with Crippen LogP contribution >= 0.6 is 23.8 Å². The first-order chi connectivity index (χ1) is 10.2. The molecular formula is C16H17ClN2OS. The van der Waals surface area contributed by atoms with Crippen LogP contribution in [0.25, 0.3) is 0 Å². The van der Waals surface area contributed by atoms with Crippen molar-refractivity contribution in [1.82, 2.24) is 5.32 Å². The maximum absolute atomic E-state index is 6.07. The van der Waals surface area contributed by atoms with Gasteiger partial charge in [-0.2, -0.15) is 0 Å². The van der Waals surface area contributed by atoms with Crippen molar-refractivity contribution in [3.8, 4) is 5.75 Å². The zero-order chi connectivity index (χ0) is 15.1. The summed E-state index contributed by atoms with van der Waals surface area (Å²) in [6, 6.07) is 15.4. The highest BCUT2D eigenvalue weighted by Gasteiger charge is 2.02. The molecule has 0 heterocycles. The van der Waals surface area contributed by atoms with Crippen molar-refractivity contribution >= 4 is 34.6 Å². The van der Waals surface area contributed by atoms with E-state index < -0.39 is 0 Å². The fraction of sp³-hybridized carbons (Fsp3) is 0.188. The summed E-state index contributed by atoms with van der Waals surface area (Å²) in [6.45, 7) is 3.28. The molecule has 0 spiro atoms. The second-order valence-corrected chi connectivity index (χ2v) is 5.18. The Morgan fingerprint density at radius 2 is 1.86 bits per heavy atom. The Bertz CT molecular complexity index is 601. The summed E-state index contributed by atoms with van der Waals surface area (Å²) in [4.78, 5) is 0. The van der Waals surface area contributed by atoms with Crippen molar-refractivity contribution in [2.45, 2.75) is 13.5 Å². The van der Waals surface area contributed by atoms with E-state index in [-0.39, 0.29) is 0 Å². The smallest absolute Gasteiger partial charge is 0.171 e. The van der Waals surface area contributed by atoms with Gasteiger partial charge >= 0.3 is 0 Å². The molecule has 0 unspecified atom stereocenters. The van der Waals surface area contributed by atoms with Crippen molar-refractivity contribution in [3.63, 3.8) is 0 Å². The van der Waals surface area contributed by atoms with Crippen LogP contribution in [-0.4, -0.2) is 11.7 Å². The van der Waals surface area contributed by atoms with Crippen molar-refractivity contribution in [3.05, 3.63) is 59.1 Å². The predicted molar refractivity (Wildman–Crippen MR) is 92.1 cm³/mol. The first-order valence-electron chi connectivity index (χ1n) is 6.70. The Morgan fingerprint density at radius 1 is 1.14 bits per heavy atom. The number of ether oxygens (including phenoxy) is 1. The molecule has 2 rings (SSSR count). The van der Waals surface area contributed by atoms with E-state index in [9.17, 15) is 0 Å². The van der Waals surface area contributed by atoms with Crippen LogP contribution in [0.1, 0.15) is 12.5 Å². The molecule has 5 heteroatoms. The van der Waals surface area contributed by atoms with E-state index in [2.05, 4.69) is 10.6 Å². The van der Waals surface area contributed by atoms with Crippen LogP contribution in [0.2, 0.25) is 5.02 Å². The number of para-hydroxylation sites is 1. The van der Waals surface area contributed by atoms with Crippen LogP contribution < -0.4 is 15.4 Å². The molecule has 0 saturated heterocycles. The number of benzene rings is 2. The maximum Gasteiger partial charge on any atom is 0.171 e. The van der Waals surface area contributed by atoms with E-state index in [1.165, 1.54) is 0 Å². The Labute approximate surface area is 135 Å². The molecule has 0 amide bonds. The summed E-state index contributed by atoms with van der Waals surface area (Å²) >= 11 is 11.3. The highest BCUT2D eigenvalue weighted by atomic mass is 35.5. The molecule has 2 aromatic carbocycles. The summed E-state index contributed by atoms with van der Waals surface area (Å²) in [5.41, 5.74) is 1.92. The minimum absolute atomic E-state index is 0.539. The van der Waals surface area contributed by atoms with E-state index in [4.69, 9.17) is 28.6 Å². The number of nitrogens with one attached hydrogen (secondary N) is 2. The monoisotopic (exact) mass is 320 g/mol. The van der Waals surface area contributed by atoms with Gasteiger partial charge in [-0.15, -0.1) is 0 Å². The molecule has 21 heavy (non-hydrogen) atoms. The van der Waals surface area contributed by atoms with Gasteiger partial charge in [0, 0.05) is 6.54 Å². The summed E-state index contributed by atoms with van der Waals surface area (Å²) < 4.78 is 5.41. The third-order valence-electron chi connectivity index (χ3n) is 2.81. The van der Waals surface area contributed by atoms with Gasteiger partial charge in [0.05, 0.1) is 17.3 Å². The molecule has 0 bridgehead atoms. The summed E-state index contributed by atoms with van der Waals surface area (Å²) in [7, 11) is 0. The van der Waals surface area contributed by atoms with Crippen LogP contribution in [0, 0.1) is 0 Å². The standard InChI is InChI=1S/C16H17ClN2OS/c1-2-20-13-9-7-12(8-10-13)11-18-16(21)19-15-6-4-3-5-14(15)17/h3-10H,2,11H2,1H3,(H2,18,19,21). The largest absolute Gasteiger partial charge is 0.494 e. The molecular weight excluding hydrogens is 304 g/mol. The second kappa shape index (κ2) is 7.86. The van der Waals surface area contributed by atoms with Crippen LogP contribution in [0.15, 0.2) is 48.5 Å². The van der Waals surface area contributed by atoms with Gasteiger partial charge in [-0.1, -0.05) is 35.9 Å². The average Bonchev–Trinajstić information content (AvgIpc) is 2.49. The number of anilines is 1. The van der Waals surface area contributed by atoms with Crippen LogP contribution in [-0.2, 0) is 6.54 Å². The van der Waals surface area contributed by atoms with Crippen LogP contribution in [0.4, 0.5) is 5.69 Å². The fourth-order valence-electron chi connectivity index (χ4n) is 1.78. The summed E-state index contributed by atoms with van der Waals surface area (Å²) in [6.07, 6.45) is 0. The Morgan fingerprint density at radius 3 is 2.52 bits per heavy atom. The highest BCUT2D eigenvalue weighted by Crippen LogP contribution is 2.20. The Balaban J connectivity index is 1.85. The van der Waals surface area contributed by atoms with E-state index in [0.717, 1.165) is 17.0 Å². The molecule has 0 aliphatic heterocycles. The zero-order valence-corrected chi connectivity index (χ0v) is 13.3. The summed E-state index contributed by atoms with van der Waals surface area (Å²) in [5.74, 6) is 0.873. The van der Waals surface area contributed by atoms with Crippen LogP contribution in [0.3, 0.4) is 0 Å². The van der Waals surface area contributed by atoms with Gasteiger partial charge in [-0.05, 0) is 49.0 Å².